The molecular weight excluding hydrogens is 335 g/mol. The molecule has 0 radical (unpaired) electrons. The van der Waals surface area contributed by atoms with Crippen LogP contribution in [0.1, 0.15) is 11.1 Å². The highest BCUT2D eigenvalue weighted by Gasteiger charge is 2.07. The number of carbonyl (C=O) groups excluding carboxylic acids is 1. The molecule has 3 aromatic rings. The Morgan fingerprint density at radius 1 is 1.44 bits per heavy atom. The average Bonchev–Trinajstić information content (AvgIpc) is 3.00. The van der Waals surface area contributed by atoms with Crippen LogP contribution < -0.4 is 10.9 Å². The number of benzene rings is 2. The lowest BCUT2D eigenvalue weighted by Gasteiger charge is -2.05. The van der Waals surface area contributed by atoms with Crippen molar-refractivity contribution in [3.8, 4) is 5.75 Å². The number of aryl methyl sites for hydroxylation is 1. The number of para-hydroxylation sites is 2. The fourth-order valence-electron chi connectivity index (χ4n) is 2.43. The lowest BCUT2D eigenvalue weighted by Crippen LogP contribution is -2.19. The standard InChI is InChI=1S/C17H17BN4O2S/c1-10-6-11(16(24)12(18)7-10)8-19-22-15(23)9-25-17-20-13-4-2-3-5-14(13)21-17/h2-8,24H,9,18H2,1H3,(H,20,21)(H,22,23)/b19-8+. The molecule has 0 aliphatic carbocycles. The predicted molar refractivity (Wildman–Crippen MR) is 104 cm³/mol. The van der Waals surface area contributed by atoms with Crippen LogP contribution in [0.5, 0.6) is 5.75 Å². The van der Waals surface area contributed by atoms with Crippen molar-refractivity contribution in [3.05, 3.63) is 47.5 Å². The van der Waals surface area contributed by atoms with Crippen LogP contribution >= 0.6 is 11.8 Å². The molecule has 1 amide bonds. The molecule has 0 bridgehead atoms. The smallest absolute Gasteiger partial charge is 0.250 e. The molecule has 3 N–H and O–H groups in total. The maximum atomic E-state index is 11.9. The van der Waals surface area contributed by atoms with Gasteiger partial charge in [-0.1, -0.05) is 35.5 Å². The largest absolute Gasteiger partial charge is 0.508 e. The van der Waals surface area contributed by atoms with Crippen LogP contribution in [0, 0.1) is 6.92 Å². The zero-order valence-electron chi connectivity index (χ0n) is 13.9. The zero-order chi connectivity index (χ0) is 17.8. The van der Waals surface area contributed by atoms with Crippen LogP contribution in [0.2, 0.25) is 0 Å². The number of imidazole rings is 1. The number of thioether (sulfide) groups is 1. The monoisotopic (exact) mass is 352 g/mol. The number of amides is 1. The molecule has 0 spiro atoms. The number of hydrogen-bond donors (Lipinski definition) is 3. The predicted octanol–water partition coefficient (Wildman–Crippen LogP) is 1.08. The Hall–Kier alpha value is -2.74. The van der Waals surface area contributed by atoms with Gasteiger partial charge in [0.1, 0.15) is 13.6 Å². The summed E-state index contributed by atoms with van der Waals surface area (Å²) in [6.07, 6.45) is 1.44. The molecule has 8 heteroatoms. The molecule has 1 aromatic heterocycles. The second kappa shape index (κ2) is 7.44. The summed E-state index contributed by atoms with van der Waals surface area (Å²) >= 11 is 1.31. The van der Waals surface area contributed by atoms with E-state index in [1.54, 1.807) is 6.07 Å². The first kappa shape index (κ1) is 17.1. The molecule has 3 rings (SSSR count). The van der Waals surface area contributed by atoms with Crippen LogP contribution in [-0.2, 0) is 4.79 Å². The van der Waals surface area contributed by atoms with E-state index in [9.17, 15) is 9.90 Å². The number of phenols is 1. The average molecular weight is 352 g/mol. The number of aromatic hydroxyl groups is 1. The van der Waals surface area contributed by atoms with Gasteiger partial charge in [0.25, 0.3) is 5.91 Å². The van der Waals surface area contributed by atoms with Gasteiger partial charge in [0.2, 0.25) is 0 Å². The van der Waals surface area contributed by atoms with E-state index in [0.717, 1.165) is 22.1 Å². The molecule has 6 nitrogen and oxygen atoms in total. The van der Waals surface area contributed by atoms with Crippen molar-refractivity contribution in [2.75, 3.05) is 5.75 Å². The number of hydrogen-bond acceptors (Lipinski definition) is 5. The van der Waals surface area contributed by atoms with Gasteiger partial charge in [-0.05, 0) is 30.6 Å². The Balaban J connectivity index is 1.56. The summed E-state index contributed by atoms with van der Waals surface area (Å²) in [7, 11) is 1.82. The van der Waals surface area contributed by atoms with Gasteiger partial charge in [0.15, 0.2) is 5.16 Å². The van der Waals surface area contributed by atoms with E-state index < -0.39 is 0 Å². The summed E-state index contributed by atoms with van der Waals surface area (Å²) in [6, 6.07) is 11.4. The number of hydrazone groups is 1. The number of aromatic amines is 1. The van der Waals surface area contributed by atoms with Crippen molar-refractivity contribution in [2.24, 2.45) is 5.10 Å². The minimum Gasteiger partial charge on any atom is -0.508 e. The van der Waals surface area contributed by atoms with E-state index >= 15 is 0 Å². The maximum absolute atomic E-state index is 11.9. The molecule has 2 aromatic carbocycles. The molecule has 0 unspecified atom stereocenters. The first-order valence-electron chi connectivity index (χ1n) is 7.72. The molecule has 0 atom stereocenters. The van der Waals surface area contributed by atoms with Crippen molar-refractivity contribution in [2.45, 2.75) is 12.1 Å². The summed E-state index contributed by atoms with van der Waals surface area (Å²) in [4.78, 5) is 19.4. The molecule has 0 aliphatic heterocycles. The van der Waals surface area contributed by atoms with Crippen molar-refractivity contribution < 1.29 is 9.90 Å². The summed E-state index contributed by atoms with van der Waals surface area (Å²) in [6.45, 7) is 1.94. The molecule has 0 saturated carbocycles. The van der Waals surface area contributed by atoms with Gasteiger partial charge in [0, 0.05) is 5.56 Å². The van der Waals surface area contributed by atoms with Crippen molar-refractivity contribution in [3.63, 3.8) is 0 Å². The third-order valence-corrected chi connectivity index (χ3v) is 4.45. The number of phenolic OH excluding ortho intramolecular Hbond substituents is 1. The van der Waals surface area contributed by atoms with Gasteiger partial charge in [-0.2, -0.15) is 5.10 Å². The second-order valence-corrected chi connectivity index (χ2v) is 6.62. The lowest BCUT2D eigenvalue weighted by atomic mass is 9.91. The Morgan fingerprint density at radius 2 is 2.24 bits per heavy atom. The van der Waals surface area contributed by atoms with E-state index in [1.165, 1.54) is 18.0 Å². The van der Waals surface area contributed by atoms with Crippen molar-refractivity contribution in [1.29, 1.82) is 0 Å². The summed E-state index contributed by atoms with van der Waals surface area (Å²) in [5.41, 5.74) is 6.63. The number of rotatable bonds is 5. The fraction of sp³-hybridized carbons (Fsp3) is 0.118. The molecular formula is C17H17BN4O2S. The second-order valence-electron chi connectivity index (χ2n) is 5.66. The van der Waals surface area contributed by atoms with E-state index in [-0.39, 0.29) is 17.4 Å². The SMILES string of the molecule is Bc1cc(C)cc(/C=N/NC(=O)CSc2nc3ccccc3[nH]2)c1O. The van der Waals surface area contributed by atoms with E-state index in [2.05, 4.69) is 20.5 Å². The van der Waals surface area contributed by atoms with Crippen molar-refractivity contribution in [1.82, 2.24) is 15.4 Å². The minimum absolute atomic E-state index is 0.167. The molecule has 0 saturated heterocycles. The number of nitrogens with one attached hydrogen (secondary N) is 2. The first-order chi connectivity index (χ1) is 12.0. The lowest BCUT2D eigenvalue weighted by molar-refractivity contribution is -0.118. The maximum Gasteiger partial charge on any atom is 0.250 e. The molecule has 126 valence electrons. The Labute approximate surface area is 150 Å². The Bertz CT molecular complexity index is 922. The highest BCUT2D eigenvalue weighted by Crippen LogP contribution is 2.18. The fourth-order valence-corrected chi connectivity index (χ4v) is 3.11. The number of aromatic nitrogens is 2. The van der Waals surface area contributed by atoms with Gasteiger partial charge in [0.05, 0.1) is 23.0 Å². The normalized spacial score (nSPS) is 11.2. The third-order valence-electron chi connectivity index (χ3n) is 3.57. The third kappa shape index (κ3) is 4.22. The van der Waals surface area contributed by atoms with Crippen molar-refractivity contribution >= 4 is 48.2 Å². The Kier molecular flexibility index (Phi) is 5.09. The summed E-state index contributed by atoms with van der Waals surface area (Å²) in [5.74, 6) is 0.113. The molecule has 0 aliphatic rings. The summed E-state index contributed by atoms with van der Waals surface area (Å²) in [5, 5.41) is 14.6. The van der Waals surface area contributed by atoms with Gasteiger partial charge in [-0.15, -0.1) is 0 Å². The minimum atomic E-state index is -0.245. The van der Waals surface area contributed by atoms with Crippen LogP contribution in [-0.4, -0.2) is 40.8 Å². The van der Waals surface area contributed by atoms with Crippen LogP contribution in [0.25, 0.3) is 11.0 Å². The highest BCUT2D eigenvalue weighted by atomic mass is 32.2. The van der Waals surface area contributed by atoms with Gasteiger partial charge >= 0.3 is 0 Å². The summed E-state index contributed by atoms with van der Waals surface area (Å²) < 4.78 is 0. The van der Waals surface area contributed by atoms with Crippen LogP contribution in [0.3, 0.4) is 0 Å². The van der Waals surface area contributed by atoms with E-state index in [1.807, 2.05) is 45.1 Å². The molecule has 25 heavy (non-hydrogen) atoms. The molecule has 0 fully saturated rings. The number of carbonyl (C=O) groups is 1. The number of H-pyrrole nitrogens is 1. The Morgan fingerprint density at radius 3 is 3.04 bits per heavy atom. The van der Waals surface area contributed by atoms with E-state index in [0.29, 0.717) is 10.7 Å². The van der Waals surface area contributed by atoms with Crippen LogP contribution in [0.15, 0.2) is 46.7 Å². The quantitative estimate of drug-likeness (QED) is 0.277. The topological polar surface area (TPSA) is 90.4 Å². The van der Waals surface area contributed by atoms with Gasteiger partial charge in [-0.25, -0.2) is 10.4 Å². The molecule has 1 heterocycles. The van der Waals surface area contributed by atoms with E-state index in [4.69, 9.17) is 0 Å². The number of nitrogens with zero attached hydrogens (tertiary/aromatic N) is 2. The van der Waals surface area contributed by atoms with Gasteiger partial charge in [-0.3, -0.25) is 4.79 Å². The van der Waals surface area contributed by atoms with Crippen LogP contribution in [0.4, 0.5) is 0 Å². The van der Waals surface area contributed by atoms with Gasteiger partial charge < -0.3 is 10.1 Å². The number of fused-ring (bicyclic) bond motifs is 1. The first-order valence-corrected chi connectivity index (χ1v) is 8.71. The zero-order valence-corrected chi connectivity index (χ0v) is 14.7. The highest BCUT2D eigenvalue weighted by molar-refractivity contribution is 7.99.